The molecule has 138 valence electrons. The van der Waals surface area contributed by atoms with Gasteiger partial charge in [-0.2, -0.15) is 0 Å². The molecule has 2 N–H and O–H groups in total. The van der Waals surface area contributed by atoms with E-state index < -0.39 is 17.5 Å². The maximum Gasteiger partial charge on any atom is 0.373 e. The first-order valence-corrected chi connectivity index (χ1v) is 8.26. The molecule has 6 nitrogen and oxygen atoms in total. The van der Waals surface area contributed by atoms with E-state index in [1.165, 1.54) is 12.2 Å². The second-order valence-electron chi connectivity index (χ2n) is 5.43. The van der Waals surface area contributed by atoms with Crippen LogP contribution >= 0.6 is 0 Å². The van der Waals surface area contributed by atoms with Crippen LogP contribution in [0.3, 0.4) is 0 Å². The maximum atomic E-state index is 12.1. The molecule has 0 aliphatic carbocycles. The molecule has 0 aliphatic heterocycles. The van der Waals surface area contributed by atoms with Crippen LogP contribution in [0.2, 0.25) is 0 Å². The molecule has 0 atom stereocenters. The zero-order valence-corrected chi connectivity index (χ0v) is 14.7. The van der Waals surface area contributed by atoms with Crippen molar-refractivity contribution in [3.05, 3.63) is 83.6 Å². The van der Waals surface area contributed by atoms with Crippen molar-refractivity contribution < 1.29 is 24.2 Å². The number of nitrogens with one attached hydrogen (secondary N) is 1. The molecule has 0 saturated heterocycles. The van der Waals surface area contributed by atoms with Crippen molar-refractivity contribution in [2.45, 2.75) is 6.92 Å². The summed E-state index contributed by atoms with van der Waals surface area (Å²) in [6.07, 6.45) is 3.54. The third-order valence-corrected chi connectivity index (χ3v) is 3.41. The highest BCUT2D eigenvalue weighted by Gasteiger charge is 2.09. The number of benzene rings is 2. The number of carbonyl (C=O) groups excluding carboxylic acids is 3. The average Bonchev–Trinajstić information content (AvgIpc) is 2.68. The van der Waals surface area contributed by atoms with E-state index in [0.29, 0.717) is 16.8 Å². The van der Waals surface area contributed by atoms with Crippen LogP contribution in [0.15, 0.2) is 72.5 Å². The quantitative estimate of drug-likeness (QED) is 0.445. The van der Waals surface area contributed by atoms with E-state index in [9.17, 15) is 19.5 Å². The van der Waals surface area contributed by atoms with Gasteiger partial charge in [0.1, 0.15) is 0 Å². The zero-order valence-electron chi connectivity index (χ0n) is 14.7. The Bertz CT molecular complexity index is 867. The predicted molar refractivity (Wildman–Crippen MR) is 102 cm³/mol. The van der Waals surface area contributed by atoms with Crippen LogP contribution < -0.4 is 5.32 Å². The summed E-state index contributed by atoms with van der Waals surface area (Å²) in [6, 6.07) is 15.7. The van der Waals surface area contributed by atoms with Gasteiger partial charge in [0.05, 0.1) is 6.61 Å². The van der Waals surface area contributed by atoms with Crippen molar-refractivity contribution >= 4 is 29.4 Å². The number of anilines is 1. The molecule has 0 unspecified atom stereocenters. The Hall–Kier alpha value is -3.67. The number of esters is 1. The number of aliphatic hydroxyl groups excluding tert-OH is 1. The Morgan fingerprint density at radius 1 is 1.04 bits per heavy atom. The first-order chi connectivity index (χ1) is 13.0. The molecule has 1 amide bonds. The molecule has 0 heterocycles. The highest BCUT2D eigenvalue weighted by molar-refractivity contribution is 6.06. The molecule has 0 spiro atoms. The average molecular weight is 365 g/mol. The lowest BCUT2D eigenvalue weighted by atomic mass is 10.1. The lowest BCUT2D eigenvalue weighted by Gasteiger charge is -2.05. The molecule has 6 heteroatoms. The highest BCUT2D eigenvalue weighted by atomic mass is 16.5. The van der Waals surface area contributed by atoms with E-state index in [1.54, 1.807) is 55.5 Å². The van der Waals surface area contributed by atoms with Gasteiger partial charge in [-0.05, 0) is 42.8 Å². The molecule has 2 aromatic carbocycles. The lowest BCUT2D eigenvalue weighted by Crippen LogP contribution is -2.11. The van der Waals surface area contributed by atoms with Crippen molar-refractivity contribution in [3.63, 3.8) is 0 Å². The first kappa shape index (κ1) is 19.7. The van der Waals surface area contributed by atoms with Crippen LogP contribution in [0.1, 0.15) is 22.8 Å². The van der Waals surface area contributed by atoms with Crippen molar-refractivity contribution in [2.24, 2.45) is 0 Å². The third-order valence-electron chi connectivity index (χ3n) is 3.41. The summed E-state index contributed by atoms with van der Waals surface area (Å²) in [5.74, 6) is -2.46. The molecule has 27 heavy (non-hydrogen) atoms. The van der Waals surface area contributed by atoms with Gasteiger partial charge in [-0.3, -0.25) is 9.59 Å². The van der Waals surface area contributed by atoms with Crippen LogP contribution in [0.25, 0.3) is 6.08 Å². The van der Waals surface area contributed by atoms with Gasteiger partial charge in [0.15, 0.2) is 5.78 Å². The maximum absolute atomic E-state index is 12.1. The Kier molecular flexibility index (Phi) is 7.07. The number of carbonyl (C=O) groups is 3. The summed E-state index contributed by atoms with van der Waals surface area (Å²) < 4.78 is 4.58. The fraction of sp³-hybridized carbons (Fsp3) is 0.0952. The van der Waals surface area contributed by atoms with Gasteiger partial charge in [-0.1, -0.05) is 36.4 Å². The molecule has 0 fully saturated rings. The topological polar surface area (TPSA) is 92.7 Å². The fourth-order valence-electron chi connectivity index (χ4n) is 2.10. The van der Waals surface area contributed by atoms with Gasteiger partial charge in [-0.15, -0.1) is 0 Å². The number of rotatable bonds is 7. The SMILES string of the molecule is CCOC(=O)/C(O)=C/C(=O)/C=C/c1ccc(NC(=O)c2ccccc2)cc1. The Morgan fingerprint density at radius 2 is 1.70 bits per heavy atom. The standard InChI is InChI=1S/C21H19NO5/c1-2-27-21(26)19(24)14-18(23)13-10-15-8-11-17(12-9-15)22-20(25)16-6-4-3-5-7-16/h3-14,24H,2H2,1H3,(H,22,25)/b13-10+,19-14-. The molecule has 0 aliphatic rings. The van der Waals surface area contributed by atoms with Crippen molar-refractivity contribution in [2.75, 3.05) is 11.9 Å². The minimum atomic E-state index is -0.947. The molecular weight excluding hydrogens is 346 g/mol. The van der Waals surface area contributed by atoms with Gasteiger partial charge in [0.2, 0.25) is 5.76 Å². The summed E-state index contributed by atoms with van der Waals surface area (Å²) >= 11 is 0. The molecule has 0 aromatic heterocycles. The highest BCUT2D eigenvalue weighted by Crippen LogP contribution is 2.12. The van der Waals surface area contributed by atoms with Gasteiger partial charge >= 0.3 is 5.97 Å². The summed E-state index contributed by atoms with van der Waals surface area (Å²) in [4.78, 5) is 35.0. The summed E-state index contributed by atoms with van der Waals surface area (Å²) in [5, 5.41) is 12.2. The first-order valence-electron chi connectivity index (χ1n) is 8.26. The van der Waals surface area contributed by atoms with Crippen LogP contribution in [0, 0.1) is 0 Å². The van der Waals surface area contributed by atoms with Crippen molar-refractivity contribution in [1.29, 1.82) is 0 Å². The second-order valence-corrected chi connectivity index (χ2v) is 5.43. The fourth-order valence-corrected chi connectivity index (χ4v) is 2.10. The number of allylic oxidation sites excluding steroid dienone is 2. The third kappa shape index (κ3) is 6.28. The summed E-state index contributed by atoms with van der Waals surface area (Å²) in [6.45, 7) is 1.70. The summed E-state index contributed by atoms with van der Waals surface area (Å²) in [7, 11) is 0. The van der Waals surface area contributed by atoms with Gasteiger partial charge in [0, 0.05) is 17.3 Å². The Morgan fingerprint density at radius 3 is 2.33 bits per heavy atom. The normalized spacial score (nSPS) is 11.2. The number of amides is 1. The van der Waals surface area contributed by atoms with E-state index in [4.69, 9.17) is 0 Å². The van der Waals surface area contributed by atoms with Crippen LogP contribution in [-0.4, -0.2) is 29.4 Å². The van der Waals surface area contributed by atoms with E-state index in [0.717, 1.165) is 6.08 Å². The van der Waals surface area contributed by atoms with Crippen LogP contribution in [-0.2, 0) is 14.3 Å². The van der Waals surface area contributed by atoms with Gasteiger partial charge in [-0.25, -0.2) is 4.79 Å². The van der Waals surface area contributed by atoms with Gasteiger partial charge < -0.3 is 15.2 Å². The number of ketones is 1. The van der Waals surface area contributed by atoms with E-state index in [1.807, 2.05) is 6.07 Å². The van der Waals surface area contributed by atoms with Crippen molar-refractivity contribution in [1.82, 2.24) is 0 Å². The van der Waals surface area contributed by atoms with Crippen LogP contribution in [0.4, 0.5) is 5.69 Å². The second kappa shape index (κ2) is 9.72. The molecule has 2 aromatic rings. The monoisotopic (exact) mass is 365 g/mol. The molecular formula is C21H19NO5. The molecule has 0 radical (unpaired) electrons. The number of aliphatic hydroxyl groups is 1. The molecule has 0 bridgehead atoms. The molecule has 2 rings (SSSR count). The van der Waals surface area contributed by atoms with E-state index in [2.05, 4.69) is 10.1 Å². The largest absolute Gasteiger partial charge is 0.502 e. The van der Waals surface area contributed by atoms with Gasteiger partial charge in [0.25, 0.3) is 5.91 Å². The van der Waals surface area contributed by atoms with Crippen LogP contribution in [0.5, 0.6) is 0 Å². The summed E-state index contributed by atoms with van der Waals surface area (Å²) in [5.41, 5.74) is 1.89. The Labute approximate surface area is 156 Å². The van der Waals surface area contributed by atoms with Crippen molar-refractivity contribution in [3.8, 4) is 0 Å². The zero-order chi connectivity index (χ0) is 19.6. The van der Waals surface area contributed by atoms with E-state index >= 15 is 0 Å². The number of ether oxygens (including phenoxy) is 1. The minimum Gasteiger partial charge on any atom is -0.502 e. The minimum absolute atomic E-state index is 0.105. The Balaban J connectivity index is 1.96. The smallest absolute Gasteiger partial charge is 0.373 e. The lowest BCUT2D eigenvalue weighted by molar-refractivity contribution is -0.141. The number of hydrogen-bond acceptors (Lipinski definition) is 5. The molecule has 0 saturated carbocycles. The van der Waals surface area contributed by atoms with E-state index in [-0.39, 0.29) is 12.5 Å². The predicted octanol–water partition coefficient (Wildman–Crippen LogP) is 3.53. The number of hydrogen-bond donors (Lipinski definition) is 2.